The van der Waals surface area contributed by atoms with E-state index in [0.29, 0.717) is 5.92 Å². The van der Waals surface area contributed by atoms with Crippen molar-refractivity contribution in [3.63, 3.8) is 0 Å². The number of fused-ring (bicyclic) bond motifs is 2. The lowest BCUT2D eigenvalue weighted by Crippen LogP contribution is -2.43. The maximum atomic E-state index is 12.8. The second-order valence-corrected chi connectivity index (χ2v) is 11.0. The number of aryl methyl sites for hydroxylation is 1. The molecular formula is C26H32BrClN4O. The van der Waals surface area contributed by atoms with Gasteiger partial charge >= 0.3 is 0 Å². The monoisotopic (exact) mass is 530 g/mol. The van der Waals surface area contributed by atoms with Crippen LogP contribution in [0.3, 0.4) is 0 Å². The average Bonchev–Trinajstić information content (AvgIpc) is 3.02. The lowest BCUT2D eigenvalue weighted by Gasteiger charge is -2.35. The molecule has 2 N–H and O–H groups in total. The first-order chi connectivity index (χ1) is 16.1. The van der Waals surface area contributed by atoms with Crippen LogP contribution in [0.2, 0.25) is 5.02 Å². The van der Waals surface area contributed by atoms with E-state index in [4.69, 9.17) is 16.6 Å². The number of hydrogen-bond donors (Lipinski definition) is 2. The summed E-state index contributed by atoms with van der Waals surface area (Å²) < 4.78 is 1.05. The number of hydrogen-bond acceptors (Lipinski definition) is 4. The number of halogens is 2. The molecule has 0 spiro atoms. The first kappa shape index (κ1) is 23.1. The summed E-state index contributed by atoms with van der Waals surface area (Å²) >= 11 is 10.0. The summed E-state index contributed by atoms with van der Waals surface area (Å²) in [6, 6.07) is 6.22. The fourth-order valence-electron chi connectivity index (χ4n) is 5.59. The molecule has 5 rings (SSSR count). The number of carbonyl (C=O) groups excluding carboxylic acids is 1. The molecule has 1 aliphatic carbocycles. The van der Waals surface area contributed by atoms with Gasteiger partial charge in [0.25, 0.3) is 0 Å². The van der Waals surface area contributed by atoms with E-state index in [1.165, 1.54) is 22.4 Å². The Kier molecular flexibility index (Phi) is 7.24. The number of benzene rings is 1. The highest BCUT2D eigenvalue weighted by molar-refractivity contribution is 9.10. The van der Waals surface area contributed by atoms with Crippen LogP contribution < -0.4 is 15.5 Å². The molecular weight excluding hydrogens is 500 g/mol. The predicted molar refractivity (Wildman–Crippen MR) is 137 cm³/mol. The van der Waals surface area contributed by atoms with Crippen LogP contribution in [0, 0.1) is 11.8 Å². The van der Waals surface area contributed by atoms with Gasteiger partial charge in [-0.05, 0) is 102 Å². The molecule has 7 heteroatoms. The van der Waals surface area contributed by atoms with Crippen LogP contribution in [0.4, 0.5) is 5.69 Å². The summed E-state index contributed by atoms with van der Waals surface area (Å²) in [4.78, 5) is 20.1. The number of amides is 1. The zero-order valence-corrected chi connectivity index (χ0v) is 21.3. The summed E-state index contributed by atoms with van der Waals surface area (Å²) in [5.74, 6) is 0.985. The fraction of sp³-hybridized carbons (Fsp3) is 0.538. The molecule has 33 heavy (non-hydrogen) atoms. The van der Waals surface area contributed by atoms with E-state index in [-0.39, 0.29) is 11.8 Å². The standard InChI is InChI=1S/C26H32BrClN4O/c27-23-16-30-24-14-20-1-3-21(28)13-19(20)2-4-22(24)25(23)32-11-7-18(8-12-32)26(33)31-15-17-5-9-29-10-6-17/h1,3,13,16-18,29H,2,4-12,14-15H2,(H,31,33). The maximum absolute atomic E-state index is 12.8. The summed E-state index contributed by atoms with van der Waals surface area (Å²) in [5.41, 5.74) is 6.42. The zero-order chi connectivity index (χ0) is 22.8. The van der Waals surface area contributed by atoms with E-state index in [2.05, 4.69) is 43.6 Å². The SMILES string of the molecule is O=C(NCC1CCNCC1)C1CCN(c2c(Br)cnc3c2CCc2cc(Cl)ccc2C3)CC1. The third-order valence-electron chi connectivity index (χ3n) is 7.57. The van der Waals surface area contributed by atoms with Crippen molar-refractivity contribution in [2.24, 2.45) is 11.8 Å². The van der Waals surface area contributed by atoms with Crippen LogP contribution in [0.1, 0.15) is 48.1 Å². The highest BCUT2D eigenvalue weighted by Crippen LogP contribution is 2.37. The van der Waals surface area contributed by atoms with Crippen molar-refractivity contribution in [3.8, 4) is 0 Å². The molecule has 1 aromatic carbocycles. The van der Waals surface area contributed by atoms with Crippen molar-refractivity contribution in [2.45, 2.75) is 44.9 Å². The zero-order valence-electron chi connectivity index (χ0n) is 19.0. The van der Waals surface area contributed by atoms with E-state index in [0.717, 1.165) is 92.9 Å². The Balaban J connectivity index is 1.25. The minimum atomic E-state index is 0.119. The van der Waals surface area contributed by atoms with E-state index < -0.39 is 0 Å². The minimum absolute atomic E-state index is 0.119. The van der Waals surface area contributed by atoms with Crippen molar-refractivity contribution in [3.05, 3.63) is 56.3 Å². The number of anilines is 1. The number of nitrogens with zero attached hydrogens (tertiary/aromatic N) is 2. The number of nitrogens with one attached hydrogen (secondary N) is 2. The van der Waals surface area contributed by atoms with Crippen LogP contribution in [-0.2, 0) is 24.1 Å². The van der Waals surface area contributed by atoms with Crippen molar-refractivity contribution in [2.75, 3.05) is 37.6 Å². The lowest BCUT2D eigenvalue weighted by molar-refractivity contribution is -0.125. The van der Waals surface area contributed by atoms with Crippen molar-refractivity contribution in [1.82, 2.24) is 15.6 Å². The second kappa shape index (κ2) is 10.3. The largest absolute Gasteiger partial charge is 0.370 e. The van der Waals surface area contributed by atoms with Gasteiger partial charge in [-0.1, -0.05) is 17.7 Å². The smallest absolute Gasteiger partial charge is 0.223 e. The molecule has 1 aromatic heterocycles. The topological polar surface area (TPSA) is 57.3 Å². The molecule has 5 nitrogen and oxygen atoms in total. The number of pyridine rings is 1. The van der Waals surface area contributed by atoms with Crippen LogP contribution in [-0.4, -0.2) is 43.6 Å². The van der Waals surface area contributed by atoms with Crippen molar-refractivity contribution in [1.29, 1.82) is 0 Å². The van der Waals surface area contributed by atoms with E-state index in [9.17, 15) is 4.79 Å². The summed E-state index contributed by atoms with van der Waals surface area (Å²) in [6.45, 7) is 4.78. The molecule has 3 heterocycles. The highest BCUT2D eigenvalue weighted by atomic mass is 79.9. The van der Waals surface area contributed by atoms with E-state index >= 15 is 0 Å². The third-order valence-corrected chi connectivity index (χ3v) is 8.39. The van der Waals surface area contributed by atoms with E-state index in [1.807, 2.05) is 12.3 Å². The van der Waals surface area contributed by atoms with Crippen molar-refractivity contribution < 1.29 is 4.79 Å². The molecule has 0 radical (unpaired) electrons. The average molecular weight is 532 g/mol. The Bertz CT molecular complexity index is 1020. The first-order valence-corrected chi connectivity index (χ1v) is 13.4. The molecule has 0 saturated carbocycles. The number of aromatic nitrogens is 1. The Morgan fingerprint density at radius 1 is 1.15 bits per heavy atom. The van der Waals surface area contributed by atoms with Crippen LogP contribution in [0.25, 0.3) is 0 Å². The highest BCUT2D eigenvalue weighted by Gasteiger charge is 2.29. The maximum Gasteiger partial charge on any atom is 0.223 e. The first-order valence-electron chi connectivity index (χ1n) is 12.3. The second-order valence-electron chi connectivity index (χ2n) is 9.67. The molecule has 0 bridgehead atoms. The molecule has 2 saturated heterocycles. The summed E-state index contributed by atoms with van der Waals surface area (Å²) in [5, 5.41) is 7.44. The number of rotatable bonds is 4. The van der Waals surface area contributed by atoms with Gasteiger partial charge in [0, 0.05) is 43.2 Å². The van der Waals surface area contributed by atoms with Gasteiger partial charge in [-0.15, -0.1) is 0 Å². The van der Waals surface area contributed by atoms with Gasteiger partial charge in [-0.3, -0.25) is 9.78 Å². The van der Waals surface area contributed by atoms with Crippen LogP contribution in [0.15, 0.2) is 28.9 Å². The molecule has 3 aliphatic rings. The molecule has 2 fully saturated rings. The summed E-state index contributed by atoms with van der Waals surface area (Å²) in [7, 11) is 0. The van der Waals surface area contributed by atoms with Crippen LogP contribution in [0.5, 0.6) is 0 Å². The van der Waals surface area contributed by atoms with Gasteiger partial charge in [0.15, 0.2) is 0 Å². The van der Waals surface area contributed by atoms with Crippen molar-refractivity contribution >= 4 is 39.1 Å². The number of carbonyl (C=O) groups is 1. The molecule has 0 atom stereocenters. The number of piperidine rings is 2. The summed E-state index contributed by atoms with van der Waals surface area (Å²) in [6.07, 6.45) is 8.86. The predicted octanol–water partition coefficient (Wildman–Crippen LogP) is 4.52. The molecule has 0 unspecified atom stereocenters. The van der Waals surface area contributed by atoms with Gasteiger partial charge in [0.1, 0.15) is 0 Å². The molecule has 1 amide bonds. The lowest BCUT2D eigenvalue weighted by atomic mass is 9.93. The van der Waals surface area contributed by atoms with E-state index in [1.54, 1.807) is 0 Å². The Morgan fingerprint density at radius 3 is 2.73 bits per heavy atom. The van der Waals surface area contributed by atoms with Gasteiger partial charge < -0.3 is 15.5 Å². The third kappa shape index (κ3) is 5.23. The molecule has 2 aliphatic heterocycles. The normalized spacial score (nSPS) is 19.5. The minimum Gasteiger partial charge on any atom is -0.370 e. The van der Waals surface area contributed by atoms with Gasteiger partial charge in [0.05, 0.1) is 15.9 Å². The van der Waals surface area contributed by atoms with Gasteiger partial charge in [0.2, 0.25) is 5.91 Å². The Labute approximate surface area is 209 Å². The van der Waals surface area contributed by atoms with Crippen LogP contribution >= 0.6 is 27.5 Å². The Morgan fingerprint density at radius 2 is 1.94 bits per heavy atom. The molecule has 176 valence electrons. The van der Waals surface area contributed by atoms with Gasteiger partial charge in [-0.2, -0.15) is 0 Å². The molecule has 2 aromatic rings. The fourth-order valence-corrected chi connectivity index (χ4v) is 6.38. The quantitative estimate of drug-likeness (QED) is 0.609. The van der Waals surface area contributed by atoms with Gasteiger partial charge in [-0.25, -0.2) is 0 Å². The Hall–Kier alpha value is -1.63.